The fraction of sp³-hybridized carbons (Fsp3) is 0.389. The van der Waals surface area contributed by atoms with Crippen molar-refractivity contribution in [2.45, 2.75) is 12.8 Å². The number of hydrogen-bond donors (Lipinski definition) is 1. The molecular formula is C18H18N2O4. The van der Waals surface area contributed by atoms with Crippen LogP contribution in [0.25, 0.3) is 0 Å². The lowest BCUT2D eigenvalue weighted by molar-refractivity contribution is -0.140. The molecule has 124 valence electrons. The van der Waals surface area contributed by atoms with Gasteiger partial charge in [-0.2, -0.15) is 10.1 Å². The molecule has 0 radical (unpaired) electrons. The van der Waals surface area contributed by atoms with E-state index < -0.39 is 0 Å². The summed E-state index contributed by atoms with van der Waals surface area (Å²) in [5.41, 5.74) is 0.640. The summed E-state index contributed by atoms with van der Waals surface area (Å²) in [6.07, 6.45) is 7.55. The molecule has 1 heterocycles. The molecule has 0 spiro atoms. The summed E-state index contributed by atoms with van der Waals surface area (Å²) in [6, 6.07) is 4.73. The Morgan fingerprint density at radius 1 is 1.17 bits per heavy atom. The molecule has 24 heavy (non-hydrogen) atoms. The number of rotatable bonds is 3. The van der Waals surface area contributed by atoms with Crippen molar-refractivity contribution in [3.05, 3.63) is 35.9 Å². The summed E-state index contributed by atoms with van der Waals surface area (Å²) in [5.74, 6) is -0.265. The second-order valence-electron chi connectivity index (χ2n) is 6.51. The maximum absolute atomic E-state index is 12.6. The molecular weight excluding hydrogens is 308 g/mol. The minimum atomic E-state index is -0.257. The van der Waals surface area contributed by atoms with Gasteiger partial charge in [-0.05, 0) is 48.4 Å². The summed E-state index contributed by atoms with van der Waals surface area (Å²) < 4.78 is 5.05. The smallest absolute Gasteiger partial charge is 0.254 e. The molecule has 1 aromatic rings. The lowest BCUT2D eigenvalue weighted by atomic mass is 9.63. The van der Waals surface area contributed by atoms with Crippen molar-refractivity contribution < 1.29 is 19.4 Å². The van der Waals surface area contributed by atoms with E-state index in [0.717, 1.165) is 17.9 Å². The molecule has 1 saturated heterocycles. The fourth-order valence-corrected chi connectivity index (χ4v) is 4.07. The summed E-state index contributed by atoms with van der Waals surface area (Å²) in [6.45, 7) is 0. The van der Waals surface area contributed by atoms with Crippen LogP contribution in [-0.4, -0.2) is 35.3 Å². The number of phenols is 1. The van der Waals surface area contributed by atoms with Gasteiger partial charge in [0.25, 0.3) is 11.8 Å². The van der Waals surface area contributed by atoms with Gasteiger partial charge in [0.05, 0.1) is 25.2 Å². The first kappa shape index (κ1) is 14.9. The van der Waals surface area contributed by atoms with Crippen molar-refractivity contribution in [1.29, 1.82) is 0 Å². The van der Waals surface area contributed by atoms with E-state index in [0.29, 0.717) is 11.3 Å². The molecule has 2 fully saturated rings. The van der Waals surface area contributed by atoms with Gasteiger partial charge in [0.2, 0.25) is 0 Å². The second kappa shape index (κ2) is 5.47. The molecule has 4 atom stereocenters. The standard InChI is InChI=1S/C18H18N2O4/c1-24-14-8-10(2-7-13(14)21)9-19-20-17(22)15-11-3-4-12(6-5-11)16(15)18(20)23/h2-4,7-9,11-12,15-16,21H,5-6H2,1H3/b19-9-/t11-,12-,15+,16+/m0/s1. The summed E-state index contributed by atoms with van der Waals surface area (Å²) in [7, 11) is 1.46. The largest absolute Gasteiger partial charge is 0.504 e. The van der Waals surface area contributed by atoms with Crippen molar-refractivity contribution >= 4 is 18.0 Å². The number of hydrogen-bond acceptors (Lipinski definition) is 5. The first-order chi connectivity index (χ1) is 11.6. The average molecular weight is 326 g/mol. The first-order valence-corrected chi connectivity index (χ1v) is 8.07. The highest BCUT2D eigenvalue weighted by molar-refractivity contribution is 6.06. The van der Waals surface area contributed by atoms with Gasteiger partial charge in [0, 0.05) is 0 Å². The van der Waals surface area contributed by atoms with Crippen molar-refractivity contribution in [2.24, 2.45) is 28.8 Å². The molecule has 0 unspecified atom stereocenters. The number of nitrogens with zero attached hydrogens (tertiary/aromatic N) is 2. The Bertz CT molecular complexity index is 738. The number of ether oxygens (including phenoxy) is 1. The Kier molecular flexibility index (Phi) is 3.40. The van der Waals surface area contributed by atoms with Crippen LogP contribution >= 0.6 is 0 Å². The van der Waals surface area contributed by atoms with Crippen molar-refractivity contribution in [3.63, 3.8) is 0 Å². The van der Waals surface area contributed by atoms with Gasteiger partial charge >= 0.3 is 0 Å². The van der Waals surface area contributed by atoms with Crippen LogP contribution in [0.2, 0.25) is 0 Å². The molecule has 5 rings (SSSR count). The number of hydrazone groups is 1. The fourth-order valence-electron chi connectivity index (χ4n) is 4.07. The quantitative estimate of drug-likeness (QED) is 0.523. The van der Waals surface area contributed by atoms with Crippen LogP contribution in [0.1, 0.15) is 18.4 Å². The highest BCUT2D eigenvalue weighted by Crippen LogP contribution is 2.49. The maximum atomic E-state index is 12.6. The van der Waals surface area contributed by atoms with Crippen LogP contribution in [0.4, 0.5) is 0 Å². The zero-order chi connectivity index (χ0) is 16.8. The number of allylic oxidation sites excluding steroid dienone is 2. The number of benzene rings is 1. The summed E-state index contributed by atoms with van der Waals surface area (Å²) in [5, 5.41) is 14.8. The van der Waals surface area contributed by atoms with E-state index in [2.05, 4.69) is 17.3 Å². The van der Waals surface area contributed by atoms with E-state index in [1.54, 1.807) is 12.1 Å². The van der Waals surface area contributed by atoms with Crippen molar-refractivity contribution in [2.75, 3.05) is 7.11 Å². The topological polar surface area (TPSA) is 79.2 Å². The number of fused-ring (bicyclic) bond motifs is 1. The molecule has 1 N–H and O–H groups in total. The van der Waals surface area contributed by atoms with Crippen LogP contribution in [0.3, 0.4) is 0 Å². The number of carbonyl (C=O) groups excluding carboxylic acids is 2. The molecule has 4 aliphatic rings. The molecule has 2 bridgehead atoms. The predicted octanol–water partition coefficient (Wildman–Crippen LogP) is 1.93. The predicted molar refractivity (Wildman–Crippen MR) is 86.4 cm³/mol. The summed E-state index contributed by atoms with van der Waals surface area (Å²) >= 11 is 0. The highest BCUT2D eigenvalue weighted by Gasteiger charge is 2.56. The zero-order valence-corrected chi connectivity index (χ0v) is 13.3. The van der Waals surface area contributed by atoms with Crippen LogP contribution < -0.4 is 4.74 Å². The van der Waals surface area contributed by atoms with Gasteiger partial charge < -0.3 is 9.84 Å². The number of carbonyl (C=O) groups is 2. The third kappa shape index (κ3) is 2.13. The third-order valence-corrected chi connectivity index (χ3v) is 5.26. The van der Waals surface area contributed by atoms with Crippen LogP contribution in [0.5, 0.6) is 11.5 Å². The molecule has 6 nitrogen and oxygen atoms in total. The SMILES string of the molecule is COc1cc(/C=N\N2C(=O)[C@H]3[C@H](C2=O)[C@H]2C=C[C@H]3CC2)ccc1O. The number of aromatic hydroxyl groups is 1. The monoisotopic (exact) mass is 326 g/mol. The van der Waals surface area contributed by atoms with E-state index in [1.807, 2.05) is 0 Å². The van der Waals surface area contributed by atoms with Crippen LogP contribution in [-0.2, 0) is 9.59 Å². The molecule has 1 saturated carbocycles. The van der Waals surface area contributed by atoms with Gasteiger partial charge in [0.1, 0.15) is 0 Å². The third-order valence-electron chi connectivity index (χ3n) is 5.26. The van der Waals surface area contributed by atoms with E-state index in [9.17, 15) is 14.7 Å². The van der Waals surface area contributed by atoms with Gasteiger partial charge in [-0.3, -0.25) is 9.59 Å². The van der Waals surface area contributed by atoms with Gasteiger partial charge in [-0.1, -0.05) is 12.2 Å². The van der Waals surface area contributed by atoms with E-state index in [-0.39, 0.29) is 41.2 Å². The van der Waals surface area contributed by atoms with E-state index in [4.69, 9.17) is 4.74 Å². The van der Waals surface area contributed by atoms with Crippen LogP contribution in [0, 0.1) is 23.7 Å². The number of methoxy groups -OCH3 is 1. The lowest BCUT2D eigenvalue weighted by Crippen LogP contribution is -2.38. The Morgan fingerprint density at radius 2 is 1.79 bits per heavy atom. The Morgan fingerprint density at radius 3 is 2.33 bits per heavy atom. The van der Waals surface area contributed by atoms with Gasteiger partial charge in [-0.25, -0.2) is 0 Å². The molecule has 1 aromatic carbocycles. The van der Waals surface area contributed by atoms with Gasteiger partial charge in [0.15, 0.2) is 11.5 Å². The first-order valence-electron chi connectivity index (χ1n) is 8.07. The number of amides is 2. The molecule has 3 aliphatic carbocycles. The number of phenolic OH excluding ortho intramolecular Hbond substituents is 1. The second-order valence-corrected chi connectivity index (χ2v) is 6.51. The lowest BCUT2D eigenvalue weighted by Gasteiger charge is -2.37. The normalized spacial score (nSPS) is 31.1. The number of imide groups is 1. The minimum Gasteiger partial charge on any atom is -0.504 e. The highest BCUT2D eigenvalue weighted by atomic mass is 16.5. The minimum absolute atomic E-state index is 0.0247. The summed E-state index contributed by atoms with van der Waals surface area (Å²) in [4.78, 5) is 25.3. The van der Waals surface area contributed by atoms with Gasteiger partial charge in [-0.15, -0.1) is 0 Å². The average Bonchev–Trinajstić information content (AvgIpc) is 2.88. The van der Waals surface area contributed by atoms with Crippen molar-refractivity contribution in [1.82, 2.24) is 5.01 Å². The van der Waals surface area contributed by atoms with Crippen molar-refractivity contribution in [3.8, 4) is 11.5 Å². The Balaban J connectivity index is 1.59. The molecule has 6 heteroatoms. The Labute approximate surface area is 139 Å². The maximum Gasteiger partial charge on any atom is 0.254 e. The molecule has 2 amide bonds. The van der Waals surface area contributed by atoms with E-state index >= 15 is 0 Å². The van der Waals surface area contributed by atoms with Crippen LogP contribution in [0.15, 0.2) is 35.5 Å². The van der Waals surface area contributed by atoms with E-state index in [1.165, 1.54) is 19.4 Å². The molecule has 1 aliphatic heterocycles. The molecule has 0 aromatic heterocycles. The zero-order valence-electron chi connectivity index (χ0n) is 13.3. The Hall–Kier alpha value is -2.63.